The molecule has 0 spiro atoms. The van der Waals surface area contributed by atoms with Crippen molar-refractivity contribution in [3.05, 3.63) is 76.8 Å². The Hall–Kier alpha value is -3.20. The molecule has 0 saturated heterocycles. The van der Waals surface area contributed by atoms with Crippen molar-refractivity contribution in [1.29, 1.82) is 0 Å². The number of rotatable bonds is 8. The number of hydrogen-bond acceptors (Lipinski definition) is 6. The van der Waals surface area contributed by atoms with Gasteiger partial charge in [-0.2, -0.15) is 0 Å². The van der Waals surface area contributed by atoms with Crippen molar-refractivity contribution >= 4 is 23.3 Å². The second-order valence-corrected chi connectivity index (χ2v) is 8.38. The second-order valence-electron chi connectivity index (χ2n) is 7.77. The van der Waals surface area contributed by atoms with E-state index >= 15 is 0 Å². The SMILES string of the molecule is CCC(C)(C)NC(=O)[C@H](c1cccnc1)N(Cc1ccc(F)cc1)C(=O)c1csnn1. The predicted molar refractivity (Wildman–Crippen MR) is 116 cm³/mol. The molecule has 0 unspecified atom stereocenters. The van der Waals surface area contributed by atoms with Gasteiger partial charge in [-0.05, 0) is 55.6 Å². The first-order valence-electron chi connectivity index (χ1n) is 9.85. The van der Waals surface area contributed by atoms with Gasteiger partial charge >= 0.3 is 0 Å². The molecule has 0 aliphatic rings. The van der Waals surface area contributed by atoms with Crippen LogP contribution in [0.3, 0.4) is 0 Å². The molecule has 3 aromatic rings. The molecule has 1 atom stereocenters. The highest BCUT2D eigenvalue weighted by Crippen LogP contribution is 2.26. The number of amides is 2. The molecule has 9 heteroatoms. The molecule has 2 aromatic heterocycles. The molecule has 0 saturated carbocycles. The lowest BCUT2D eigenvalue weighted by atomic mass is 9.99. The number of hydrogen-bond donors (Lipinski definition) is 1. The van der Waals surface area contributed by atoms with Crippen LogP contribution >= 0.6 is 11.5 Å². The van der Waals surface area contributed by atoms with Crippen LogP contribution in [-0.2, 0) is 11.3 Å². The van der Waals surface area contributed by atoms with Crippen molar-refractivity contribution in [2.24, 2.45) is 0 Å². The summed E-state index contributed by atoms with van der Waals surface area (Å²) in [4.78, 5) is 32.4. The van der Waals surface area contributed by atoms with Gasteiger partial charge in [0.2, 0.25) is 5.91 Å². The Kier molecular flexibility index (Phi) is 7.06. The fraction of sp³-hybridized carbons (Fsp3) is 0.318. The molecule has 2 amide bonds. The van der Waals surface area contributed by atoms with Gasteiger partial charge < -0.3 is 10.2 Å². The first-order valence-corrected chi connectivity index (χ1v) is 10.7. The number of aromatic nitrogens is 3. The molecule has 0 radical (unpaired) electrons. The molecule has 1 aromatic carbocycles. The quantitative estimate of drug-likeness (QED) is 0.575. The van der Waals surface area contributed by atoms with Crippen LogP contribution in [0.15, 0.2) is 54.2 Å². The van der Waals surface area contributed by atoms with Crippen molar-refractivity contribution < 1.29 is 14.0 Å². The number of carbonyl (C=O) groups is 2. The van der Waals surface area contributed by atoms with Gasteiger partial charge in [-0.1, -0.05) is 29.6 Å². The van der Waals surface area contributed by atoms with Crippen molar-refractivity contribution in [2.75, 3.05) is 0 Å². The molecule has 0 fully saturated rings. The van der Waals surface area contributed by atoms with Crippen LogP contribution in [-0.4, -0.2) is 36.8 Å². The van der Waals surface area contributed by atoms with Crippen LogP contribution in [0, 0.1) is 5.82 Å². The first-order chi connectivity index (χ1) is 14.8. The fourth-order valence-electron chi connectivity index (χ4n) is 2.97. The third-order valence-corrected chi connectivity index (χ3v) is 5.52. The number of nitrogens with zero attached hydrogens (tertiary/aromatic N) is 4. The number of nitrogens with one attached hydrogen (secondary N) is 1. The Morgan fingerprint density at radius 2 is 1.97 bits per heavy atom. The van der Waals surface area contributed by atoms with Gasteiger partial charge in [-0.3, -0.25) is 14.6 Å². The third-order valence-electron chi connectivity index (χ3n) is 5.01. The van der Waals surface area contributed by atoms with E-state index in [4.69, 9.17) is 0 Å². The summed E-state index contributed by atoms with van der Waals surface area (Å²) in [5, 5.41) is 8.45. The van der Waals surface area contributed by atoms with Crippen LogP contribution in [0.1, 0.15) is 54.8 Å². The molecule has 31 heavy (non-hydrogen) atoms. The van der Waals surface area contributed by atoms with Crippen LogP contribution in [0.4, 0.5) is 4.39 Å². The Morgan fingerprint density at radius 3 is 2.55 bits per heavy atom. The average Bonchev–Trinajstić information content (AvgIpc) is 3.29. The summed E-state index contributed by atoms with van der Waals surface area (Å²) in [6, 6.07) is 8.32. The highest BCUT2D eigenvalue weighted by molar-refractivity contribution is 7.03. The fourth-order valence-corrected chi connectivity index (χ4v) is 3.40. The standard InChI is InChI=1S/C22H24FN5O2S/c1-4-22(2,3)25-20(29)19(16-6-5-11-24-12-16)28(21(30)18-14-31-27-26-18)13-15-7-9-17(23)10-8-15/h5-12,14,19H,4,13H2,1-3H3,(H,25,29)/t19-/m0/s1. The number of halogens is 1. The summed E-state index contributed by atoms with van der Waals surface area (Å²) in [6.07, 6.45) is 3.87. The van der Waals surface area contributed by atoms with Crippen LogP contribution < -0.4 is 5.32 Å². The van der Waals surface area contributed by atoms with E-state index in [0.717, 1.165) is 11.5 Å². The summed E-state index contributed by atoms with van der Waals surface area (Å²) in [6.45, 7) is 5.89. The van der Waals surface area contributed by atoms with Gasteiger partial charge in [0.05, 0.1) is 0 Å². The largest absolute Gasteiger partial charge is 0.349 e. The van der Waals surface area contributed by atoms with Crippen LogP contribution in [0.5, 0.6) is 0 Å². The third kappa shape index (κ3) is 5.69. The van der Waals surface area contributed by atoms with E-state index in [2.05, 4.69) is 19.9 Å². The molecule has 7 nitrogen and oxygen atoms in total. The van der Waals surface area contributed by atoms with Gasteiger partial charge in [0.25, 0.3) is 5.91 Å². The van der Waals surface area contributed by atoms with E-state index in [1.165, 1.54) is 22.4 Å². The minimum atomic E-state index is -0.959. The van der Waals surface area contributed by atoms with E-state index in [1.807, 2.05) is 20.8 Å². The van der Waals surface area contributed by atoms with Crippen molar-refractivity contribution in [3.63, 3.8) is 0 Å². The summed E-state index contributed by atoms with van der Waals surface area (Å²) in [5.74, 6) is -1.16. The van der Waals surface area contributed by atoms with Crippen molar-refractivity contribution in [2.45, 2.75) is 45.3 Å². The van der Waals surface area contributed by atoms with Crippen molar-refractivity contribution in [3.8, 4) is 0 Å². The zero-order valence-corrected chi connectivity index (χ0v) is 18.4. The summed E-state index contributed by atoms with van der Waals surface area (Å²) < 4.78 is 17.2. The van der Waals surface area contributed by atoms with Gasteiger partial charge in [0.1, 0.15) is 11.9 Å². The first kappa shape index (κ1) is 22.5. The maximum absolute atomic E-state index is 13.5. The highest BCUT2D eigenvalue weighted by atomic mass is 32.1. The maximum atomic E-state index is 13.5. The molecule has 3 rings (SSSR count). The summed E-state index contributed by atoms with van der Waals surface area (Å²) in [7, 11) is 0. The van der Waals surface area contributed by atoms with Crippen LogP contribution in [0.25, 0.3) is 0 Å². The summed E-state index contributed by atoms with van der Waals surface area (Å²) in [5.41, 5.74) is 0.910. The molecule has 0 aliphatic carbocycles. The normalized spacial score (nSPS) is 12.3. The van der Waals surface area contributed by atoms with Crippen molar-refractivity contribution in [1.82, 2.24) is 24.8 Å². The minimum Gasteiger partial charge on any atom is -0.349 e. The number of benzene rings is 1. The average molecular weight is 442 g/mol. The zero-order valence-electron chi connectivity index (χ0n) is 17.6. The van der Waals surface area contributed by atoms with E-state index < -0.39 is 17.5 Å². The summed E-state index contributed by atoms with van der Waals surface area (Å²) >= 11 is 1.05. The predicted octanol–water partition coefficient (Wildman–Crippen LogP) is 3.76. The Labute approximate surface area is 184 Å². The molecule has 162 valence electrons. The lowest BCUT2D eigenvalue weighted by Gasteiger charge is -2.34. The van der Waals surface area contributed by atoms with Gasteiger partial charge in [0.15, 0.2) is 5.69 Å². The number of pyridine rings is 1. The monoisotopic (exact) mass is 441 g/mol. The van der Waals surface area contributed by atoms with Gasteiger partial charge in [-0.15, -0.1) is 5.10 Å². The molecule has 2 heterocycles. The maximum Gasteiger partial charge on any atom is 0.276 e. The molecular formula is C22H24FN5O2S. The minimum absolute atomic E-state index is 0.0795. The molecule has 0 aliphatic heterocycles. The van der Waals surface area contributed by atoms with Gasteiger partial charge in [-0.25, -0.2) is 4.39 Å². The van der Waals surface area contributed by atoms with E-state index in [1.54, 1.807) is 36.7 Å². The lowest BCUT2D eigenvalue weighted by molar-refractivity contribution is -0.127. The molecule has 1 N–H and O–H groups in total. The number of carbonyl (C=O) groups excluding carboxylic acids is 2. The Bertz CT molecular complexity index is 1010. The smallest absolute Gasteiger partial charge is 0.276 e. The van der Waals surface area contributed by atoms with E-state index in [0.29, 0.717) is 17.5 Å². The van der Waals surface area contributed by atoms with E-state index in [-0.39, 0.29) is 24.0 Å². The zero-order chi connectivity index (χ0) is 22.4. The highest BCUT2D eigenvalue weighted by Gasteiger charge is 2.35. The Balaban J connectivity index is 2.05. The topological polar surface area (TPSA) is 88.1 Å². The van der Waals surface area contributed by atoms with Gasteiger partial charge in [0, 0.05) is 35.4 Å². The second kappa shape index (κ2) is 9.74. The lowest BCUT2D eigenvalue weighted by Crippen LogP contribution is -2.50. The molecule has 0 bridgehead atoms. The van der Waals surface area contributed by atoms with Crippen LogP contribution in [0.2, 0.25) is 0 Å². The Morgan fingerprint density at radius 1 is 1.23 bits per heavy atom. The van der Waals surface area contributed by atoms with E-state index in [9.17, 15) is 14.0 Å². The molecular weight excluding hydrogens is 417 g/mol.